The highest BCUT2D eigenvalue weighted by Gasteiger charge is 2.31. The Hall–Kier alpha value is -3.09. The van der Waals surface area contributed by atoms with Crippen molar-refractivity contribution in [2.75, 3.05) is 14.2 Å². The molecule has 3 rings (SSSR count). The Balaban J connectivity index is 2.33. The summed E-state index contributed by atoms with van der Waals surface area (Å²) in [6.07, 6.45) is -4.48. The molecule has 0 bridgehead atoms. The van der Waals surface area contributed by atoms with Gasteiger partial charge in [-0.3, -0.25) is 0 Å². The third-order valence-electron chi connectivity index (χ3n) is 4.29. The van der Waals surface area contributed by atoms with Crippen molar-refractivity contribution in [3.8, 4) is 17.0 Å². The average molecular weight is 375 g/mol. The maximum atomic E-state index is 13.1. The second-order valence-electron chi connectivity index (χ2n) is 5.91. The Bertz CT molecular complexity index is 1030. The van der Waals surface area contributed by atoms with E-state index in [1.54, 1.807) is 25.1 Å². The maximum Gasteiger partial charge on any atom is 0.416 e. The van der Waals surface area contributed by atoms with Crippen molar-refractivity contribution in [3.63, 3.8) is 0 Å². The number of nitrogens with zero attached hydrogens (tertiary/aromatic N) is 1. The number of rotatable bonds is 3. The van der Waals surface area contributed by atoms with E-state index in [1.165, 1.54) is 26.4 Å². The Morgan fingerprint density at radius 3 is 2.44 bits per heavy atom. The van der Waals surface area contributed by atoms with Gasteiger partial charge in [0.15, 0.2) is 0 Å². The zero-order chi connectivity index (χ0) is 19.8. The van der Waals surface area contributed by atoms with E-state index in [9.17, 15) is 18.0 Å². The number of hydrogen-bond acceptors (Lipinski definition) is 4. The topological polar surface area (TPSA) is 48.4 Å². The zero-order valence-electron chi connectivity index (χ0n) is 14.8. The van der Waals surface area contributed by atoms with Crippen LogP contribution < -0.4 is 4.74 Å². The zero-order valence-corrected chi connectivity index (χ0v) is 14.8. The maximum absolute atomic E-state index is 13.1. The first kappa shape index (κ1) is 18.7. The minimum Gasteiger partial charge on any atom is -0.497 e. The fraction of sp³-hybridized carbons (Fsp3) is 0.200. The summed E-state index contributed by atoms with van der Waals surface area (Å²) in [5.74, 6) is -0.0667. The van der Waals surface area contributed by atoms with E-state index in [-0.39, 0.29) is 16.8 Å². The molecule has 0 spiro atoms. The highest BCUT2D eigenvalue weighted by Crippen LogP contribution is 2.35. The van der Waals surface area contributed by atoms with E-state index in [1.807, 2.05) is 0 Å². The second-order valence-corrected chi connectivity index (χ2v) is 5.91. The van der Waals surface area contributed by atoms with Gasteiger partial charge in [0, 0.05) is 17.0 Å². The molecule has 1 heterocycles. The lowest BCUT2D eigenvalue weighted by atomic mass is 9.96. The monoisotopic (exact) mass is 375 g/mol. The highest BCUT2D eigenvalue weighted by molar-refractivity contribution is 6.06. The molecular weight excluding hydrogens is 359 g/mol. The van der Waals surface area contributed by atoms with Crippen molar-refractivity contribution < 1.29 is 27.4 Å². The van der Waals surface area contributed by atoms with Gasteiger partial charge >= 0.3 is 12.1 Å². The summed E-state index contributed by atoms with van der Waals surface area (Å²) in [5, 5.41) is 0.538. The highest BCUT2D eigenvalue weighted by atomic mass is 19.4. The first-order chi connectivity index (χ1) is 12.8. The summed E-state index contributed by atoms with van der Waals surface area (Å²) < 4.78 is 49.3. The Kier molecular flexibility index (Phi) is 4.78. The Morgan fingerprint density at radius 2 is 1.81 bits per heavy atom. The molecule has 0 aliphatic rings. The van der Waals surface area contributed by atoms with Crippen molar-refractivity contribution in [1.29, 1.82) is 0 Å². The lowest BCUT2D eigenvalue weighted by Crippen LogP contribution is -2.08. The number of methoxy groups -OCH3 is 2. The van der Waals surface area contributed by atoms with Gasteiger partial charge in [-0.05, 0) is 36.8 Å². The molecule has 0 aliphatic heterocycles. The summed E-state index contributed by atoms with van der Waals surface area (Å²) in [4.78, 5) is 16.9. The van der Waals surface area contributed by atoms with E-state index in [0.717, 1.165) is 12.1 Å². The standard InChI is InChI=1S/C20H16F3NO3/c1-11-17(19(25)27-3)15-8-7-14(26-2)10-16(15)24-18(11)12-5-4-6-13(9-12)20(21,22)23/h4-10H,1-3H3. The first-order valence-electron chi connectivity index (χ1n) is 8.00. The van der Waals surface area contributed by atoms with E-state index in [4.69, 9.17) is 9.47 Å². The van der Waals surface area contributed by atoms with E-state index < -0.39 is 17.7 Å². The summed E-state index contributed by atoms with van der Waals surface area (Å²) in [5.41, 5.74) is 0.884. The lowest BCUT2D eigenvalue weighted by Gasteiger charge is -2.15. The van der Waals surface area contributed by atoms with Gasteiger partial charge in [-0.1, -0.05) is 12.1 Å². The van der Waals surface area contributed by atoms with Crippen LogP contribution >= 0.6 is 0 Å². The molecule has 0 saturated heterocycles. The number of aromatic nitrogens is 1. The smallest absolute Gasteiger partial charge is 0.416 e. The van der Waals surface area contributed by atoms with Gasteiger partial charge in [-0.25, -0.2) is 9.78 Å². The molecule has 7 heteroatoms. The lowest BCUT2D eigenvalue weighted by molar-refractivity contribution is -0.137. The van der Waals surface area contributed by atoms with Gasteiger partial charge < -0.3 is 9.47 Å². The van der Waals surface area contributed by atoms with E-state index in [2.05, 4.69) is 4.98 Å². The van der Waals surface area contributed by atoms with Crippen LogP contribution in [0.5, 0.6) is 5.75 Å². The number of alkyl halides is 3. The van der Waals surface area contributed by atoms with Crippen molar-refractivity contribution in [3.05, 3.63) is 59.2 Å². The quantitative estimate of drug-likeness (QED) is 0.603. The molecule has 2 aromatic carbocycles. The fourth-order valence-electron chi connectivity index (χ4n) is 2.96. The number of esters is 1. The summed E-state index contributed by atoms with van der Waals surface area (Å²) in [7, 11) is 2.74. The van der Waals surface area contributed by atoms with Crippen molar-refractivity contribution in [2.24, 2.45) is 0 Å². The number of benzene rings is 2. The van der Waals surface area contributed by atoms with E-state index >= 15 is 0 Å². The Labute approximate surface area is 153 Å². The van der Waals surface area contributed by atoms with Crippen molar-refractivity contribution in [1.82, 2.24) is 4.98 Å². The first-order valence-corrected chi connectivity index (χ1v) is 8.00. The molecule has 1 aromatic heterocycles. The van der Waals surface area contributed by atoms with Crippen LogP contribution in [0.1, 0.15) is 21.5 Å². The number of fused-ring (bicyclic) bond motifs is 1. The van der Waals surface area contributed by atoms with Crippen LogP contribution in [0.3, 0.4) is 0 Å². The average Bonchev–Trinajstić information content (AvgIpc) is 2.66. The van der Waals surface area contributed by atoms with Gasteiger partial charge in [0.05, 0.1) is 36.6 Å². The number of hydrogen-bond donors (Lipinski definition) is 0. The third-order valence-corrected chi connectivity index (χ3v) is 4.29. The Morgan fingerprint density at radius 1 is 1.07 bits per heavy atom. The predicted molar refractivity (Wildman–Crippen MR) is 94.8 cm³/mol. The SMILES string of the molecule is COC(=O)c1c(C)c(-c2cccc(C(F)(F)F)c2)nc2cc(OC)ccc12. The van der Waals surface area contributed by atoms with Crippen LogP contribution in [0.4, 0.5) is 13.2 Å². The number of halogens is 3. The molecule has 0 radical (unpaired) electrons. The number of carbonyl (C=O) groups is 1. The van der Waals surface area contributed by atoms with Gasteiger partial charge in [-0.2, -0.15) is 13.2 Å². The number of carbonyl (C=O) groups excluding carboxylic acids is 1. The van der Waals surface area contributed by atoms with E-state index in [0.29, 0.717) is 22.2 Å². The van der Waals surface area contributed by atoms with Gasteiger partial charge in [-0.15, -0.1) is 0 Å². The second kappa shape index (κ2) is 6.90. The largest absolute Gasteiger partial charge is 0.497 e. The summed E-state index contributed by atoms with van der Waals surface area (Å²) in [6.45, 7) is 1.64. The molecule has 3 aromatic rings. The van der Waals surface area contributed by atoms with Crippen LogP contribution in [0, 0.1) is 6.92 Å². The van der Waals surface area contributed by atoms with Gasteiger partial charge in [0.1, 0.15) is 5.75 Å². The fourth-order valence-corrected chi connectivity index (χ4v) is 2.96. The summed E-state index contributed by atoms with van der Waals surface area (Å²) >= 11 is 0. The molecule has 0 atom stereocenters. The van der Waals surface area contributed by atoms with Crippen LogP contribution in [0.2, 0.25) is 0 Å². The minimum atomic E-state index is -4.48. The van der Waals surface area contributed by atoms with Gasteiger partial charge in [0.2, 0.25) is 0 Å². The molecule has 0 amide bonds. The molecule has 0 N–H and O–H groups in total. The molecule has 0 unspecified atom stereocenters. The molecule has 27 heavy (non-hydrogen) atoms. The number of ether oxygens (including phenoxy) is 2. The summed E-state index contributed by atoms with van der Waals surface area (Å²) in [6, 6.07) is 9.82. The molecule has 0 aliphatic carbocycles. The minimum absolute atomic E-state index is 0.261. The number of pyridine rings is 1. The third kappa shape index (κ3) is 3.45. The van der Waals surface area contributed by atoms with Crippen LogP contribution in [-0.4, -0.2) is 25.2 Å². The van der Waals surface area contributed by atoms with Crippen LogP contribution in [-0.2, 0) is 10.9 Å². The molecule has 140 valence electrons. The molecular formula is C20H16F3NO3. The predicted octanol–water partition coefficient (Wildman–Crippen LogP) is 5.02. The molecule has 0 fully saturated rings. The van der Waals surface area contributed by atoms with Crippen molar-refractivity contribution >= 4 is 16.9 Å². The van der Waals surface area contributed by atoms with Crippen molar-refractivity contribution in [2.45, 2.75) is 13.1 Å². The van der Waals surface area contributed by atoms with Crippen LogP contribution in [0.15, 0.2) is 42.5 Å². The molecule has 0 saturated carbocycles. The van der Waals surface area contributed by atoms with Gasteiger partial charge in [0.25, 0.3) is 0 Å². The van der Waals surface area contributed by atoms with Crippen LogP contribution in [0.25, 0.3) is 22.2 Å². The molecule has 4 nitrogen and oxygen atoms in total. The normalized spacial score (nSPS) is 11.5.